The number of aliphatic hydroxyl groups is 1. The highest BCUT2D eigenvalue weighted by Gasteiger charge is 2.38. The summed E-state index contributed by atoms with van der Waals surface area (Å²) in [5.41, 5.74) is 6.51. The van der Waals surface area contributed by atoms with Gasteiger partial charge in [-0.1, -0.05) is 6.92 Å². The molecular weight excluding hydrogens is 230 g/mol. The van der Waals surface area contributed by atoms with Gasteiger partial charge in [0.25, 0.3) is 5.91 Å². The SMILES string of the molecule is CCCn1cc(N)cc1C(=O)NC1(CO)CCC1. The van der Waals surface area contributed by atoms with Crippen molar-refractivity contribution in [2.75, 3.05) is 12.3 Å². The molecule has 100 valence electrons. The predicted molar refractivity (Wildman–Crippen MR) is 70.3 cm³/mol. The van der Waals surface area contributed by atoms with Gasteiger partial charge in [0.2, 0.25) is 0 Å². The van der Waals surface area contributed by atoms with Gasteiger partial charge in [0, 0.05) is 12.7 Å². The van der Waals surface area contributed by atoms with Crippen molar-refractivity contribution in [1.82, 2.24) is 9.88 Å². The second kappa shape index (κ2) is 5.02. The van der Waals surface area contributed by atoms with Crippen LogP contribution in [0.1, 0.15) is 43.1 Å². The number of nitrogens with one attached hydrogen (secondary N) is 1. The Hall–Kier alpha value is -1.49. The Bertz CT molecular complexity index is 430. The fraction of sp³-hybridized carbons (Fsp3) is 0.615. The van der Waals surface area contributed by atoms with Crippen molar-refractivity contribution in [3.05, 3.63) is 18.0 Å². The van der Waals surface area contributed by atoms with Crippen LogP contribution in [0.3, 0.4) is 0 Å². The van der Waals surface area contributed by atoms with E-state index in [-0.39, 0.29) is 12.5 Å². The number of rotatable bonds is 5. The lowest BCUT2D eigenvalue weighted by atomic mass is 9.77. The minimum absolute atomic E-state index is 0.00269. The van der Waals surface area contributed by atoms with Crippen LogP contribution in [-0.2, 0) is 6.54 Å². The third-order valence-corrected chi connectivity index (χ3v) is 3.61. The molecule has 1 aliphatic carbocycles. The summed E-state index contributed by atoms with van der Waals surface area (Å²) in [6, 6.07) is 1.69. The number of amides is 1. The fourth-order valence-electron chi connectivity index (χ4n) is 2.38. The van der Waals surface area contributed by atoms with Crippen LogP contribution in [0.2, 0.25) is 0 Å². The van der Waals surface area contributed by atoms with Crippen LogP contribution in [-0.4, -0.2) is 27.7 Å². The molecule has 5 nitrogen and oxygen atoms in total. The van der Waals surface area contributed by atoms with E-state index < -0.39 is 5.54 Å². The molecule has 1 aromatic rings. The van der Waals surface area contributed by atoms with Crippen LogP contribution >= 0.6 is 0 Å². The van der Waals surface area contributed by atoms with Crippen molar-refractivity contribution in [2.45, 2.75) is 44.7 Å². The van der Waals surface area contributed by atoms with Crippen LogP contribution < -0.4 is 11.1 Å². The number of nitrogen functional groups attached to an aromatic ring is 1. The van der Waals surface area contributed by atoms with Gasteiger partial charge in [-0.05, 0) is 31.7 Å². The molecule has 1 amide bonds. The molecule has 5 heteroatoms. The van der Waals surface area contributed by atoms with Crippen molar-refractivity contribution in [3.8, 4) is 0 Å². The third kappa shape index (κ3) is 2.36. The van der Waals surface area contributed by atoms with E-state index in [1.807, 2.05) is 4.57 Å². The molecule has 0 spiro atoms. The summed E-state index contributed by atoms with van der Waals surface area (Å²) in [6.07, 6.45) is 5.47. The van der Waals surface area contributed by atoms with Crippen LogP contribution in [0.4, 0.5) is 5.69 Å². The monoisotopic (exact) mass is 251 g/mol. The molecule has 0 unspecified atom stereocenters. The Kier molecular flexibility index (Phi) is 3.61. The van der Waals surface area contributed by atoms with Gasteiger partial charge in [-0.25, -0.2) is 0 Å². The summed E-state index contributed by atoms with van der Waals surface area (Å²) < 4.78 is 1.87. The molecule has 4 N–H and O–H groups in total. The molecule has 0 bridgehead atoms. The zero-order valence-electron chi connectivity index (χ0n) is 10.8. The first-order valence-corrected chi connectivity index (χ1v) is 6.49. The van der Waals surface area contributed by atoms with Crippen molar-refractivity contribution in [1.29, 1.82) is 0 Å². The smallest absolute Gasteiger partial charge is 0.268 e. The topological polar surface area (TPSA) is 80.3 Å². The maximum atomic E-state index is 12.2. The summed E-state index contributed by atoms with van der Waals surface area (Å²) in [4.78, 5) is 12.2. The largest absolute Gasteiger partial charge is 0.397 e. The number of aliphatic hydroxyl groups excluding tert-OH is 1. The van der Waals surface area contributed by atoms with Crippen molar-refractivity contribution < 1.29 is 9.90 Å². The summed E-state index contributed by atoms with van der Waals surface area (Å²) in [6.45, 7) is 2.83. The summed E-state index contributed by atoms with van der Waals surface area (Å²) in [5.74, 6) is -0.145. The lowest BCUT2D eigenvalue weighted by Crippen LogP contribution is -2.56. The van der Waals surface area contributed by atoms with Gasteiger partial charge in [0.05, 0.1) is 17.8 Å². The van der Waals surface area contributed by atoms with Crippen LogP contribution in [0.25, 0.3) is 0 Å². The van der Waals surface area contributed by atoms with E-state index in [0.29, 0.717) is 11.4 Å². The zero-order chi connectivity index (χ0) is 13.2. The average molecular weight is 251 g/mol. The summed E-state index contributed by atoms with van der Waals surface area (Å²) in [5, 5.41) is 12.3. The fourth-order valence-corrected chi connectivity index (χ4v) is 2.38. The highest BCUT2D eigenvalue weighted by Crippen LogP contribution is 2.31. The molecule has 0 saturated heterocycles. The van der Waals surface area contributed by atoms with E-state index >= 15 is 0 Å². The molecule has 1 heterocycles. The third-order valence-electron chi connectivity index (χ3n) is 3.61. The Labute approximate surface area is 107 Å². The standard InChI is InChI=1S/C13H21N3O2/c1-2-6-16-8-10(14)7-11(16)12(18)15-13(9-17)4-3-5-13/h7-8,17H,2-6,9,14H2,1H3,(H,15,18). The molecule has 0 aromatic carbocycles. The first-order chi connectivity index (χ1) is 8.60. The second-order valence-corrected chi connectivity index (χ2v) is 5.10. The van der Waals surface area contributed by atoms with Crippen molar-refractivity contribution in [2.24, 2.45) is 0 Å². The van der Waals surface area contributed by atoms with E-state index in [1.54, 1.807) is 12.3 Å². The molecular formula is C13H21N3O2. The van der Waals surface area contributed by atoms with Crippen LogP contribution in [0.5, 0.6) is 0 Å². The van der Waals surface area contributed by atoms with Crippen LogP contribution in [0.15, 0.2) is 12.3 Å². The maximum Gasteiger partial charge on any atom is 0.268 e. The molecule has 0 aliphatic heterocycles. The van der Waals surface area contributed by atoms with Crippen molar-refractivity contribution in [3.63, 3.8) is 0 Å². The number of nitrogens with two attached hydrogens (primary N) is 1. The van der Waals surface area contributed by atoms with Gasteiger partial charge in [-0.15, -0.1) is 0 Å². The minimum atomic E-state index is -0.410. The number of hydrogen-bond donors (Lipinski definition) is 3. The Morgan fingerprint density at radius 3 is 2.83 bits per heavy atom. The second-order valence-electron chi connectivity index (χ2n) is 5.10. The quantitative estimate of drug-likeness (QED) is 0.733. The normalized spacial score (nSPS) is 17.2. The summed E-state index contributed by atoms with van der Waals surface area (Å²) >= 11 is 0. The molecule has 1 aromatic heterocycles. The van der Waals surface area contributed by atoms with Gasteiger partial charge >= 0.3 is 0 Å². The predicted octanol–water partition coefficient (Wildman–Crippen LogP) is 1.13. The number of carbonyl (C=O) groups is 1. The molecule has 1 saturated carbocycles. The van der Waals surface area contributed by atoms with Crippen molar-refractivity contribution >= 4 is 11.6 Å². The molecule has 1 fully saturated rings. The van der Waals surface area contributed by atoms with E-state index in [2.05, 4.69) is 12.2 Å². The molecule has 0 atom stereocenters. The Morgan fingerprint density at radius 1 is 1.61 bits per heavy atom. The van der Waals surface area contributed by atoms with Gasteiger partial charge in [0.15, 0.2) is 0 Å². The molecule has 1 aliphatic rings. The summed E-state index contributed by atoms with van der Waals surface area (Å²) in [7, 11) is 0. The minimum Gasteiger partial charge on any atom is -0.397 e. The molecule has 0 radical (unpaired) electrons. The van der Waals surface area contributed by atoms with E-state index in [4.69, 9.17) is 5.73 Å². The average Bonchev–Trinajstić information content (AvgIpc) is 2.65. The number of aryl methyl sites for hydroxylation is 1. The lowest BCUT2D eigenvalue weighted by Gasteiger charge is -2.40. The van der Waals surface area contributed by atoms with E-state index in [1.165, 1.54) is 0 Å². The van der Waals surface area contributed by atoms with Crippen LogP contribution in [0, 0.1) is 0 Å². The van der Waals surface area contributed by atoms with Gasteiger partial charge in [-0.2, -0.15) is 0 Å². The number of anilines is 1. The van der Waals surface area contributed by atoms with Gasteiger partial charge in [0.1, 0.15) is 5.69 Å². The zero-order valence-corrected chi connectivity index (χ0v) is 10.8. The van der Waals surface area contributed by atoms with Gasteiger partial charge < -0.3 is 20.7 Å². The highest BCUT2D eigenvalue weighted by molar-refractivity contribution is 5.94. The van der Waals surface area contributed by atoms with E-state index in [9.17, 15) is 9.90 Å². The Balaban J connectivity index is 2.13. The highest BCUT2D eigenvalue weighted by atomic mass is 16.3. The maximum absolute atomic E-state index is 12.2. The number of carbonyl (C=O) groups excluding carboxylic acids is 1. The van der Waals surface area contributed by atoms with Gasteiger partial charge in [-0.3, -0.25) is 4.79 Å². The first kappa shape index (κ1) is 13.0. The Morgan fingerprint density at radius 2 is 2.33 bits per heavy atom. The van der Waals surface area contributed by atoms with E-state index in [0.717, 1.165) is 32.2 Å². The molecule has 2 rings (SSSR count). The number of aromatic nitrogens is 1. The first-order valence-electron chi connectivity index (χ1n) is 6.49. The number of hydrogen-bond acceptors (Lipinski definition) is 3. The number of nitrogens with zero attached hydrogens (tertiary/aromatic N) is 1. The lowest BCUT2D eigenvalue weighted by molar-refractivity contribution is 0.0634. The molecule has 18 heavy (non-hydrogen) atoms.